The molecule has 0 saturated carbocycles. The Morgan fingerprint density at radius 3 is 2.24 bits per heavy atom. The third-order valence-corrected chi connectivity index (χ3v) is 9.00. The van der Waals surface area contributed by atoms with Gasteiger partial charge in [0.05, 0.1) is 0 Å². The number of amides is 2. The molecular weight excluding hydrogens is 550 g/mol. The van der Waals surface area contributed by atoms with Crippen molar-refractivity contribution in [1.82, 2.24) is 15.5 Å². The molecule has 2 amide bonds. The van der Waals surface area contributed by atoms with Crippen LogP contribution in [0.25, 0.3) is 11.1 Å². The highest BCUT2D eigenvalue weighted by Crippen LogP contribution is 2.44. The molecule has 1 fully saturated rings. The molecule has 2 atom stereocenters. The summed E-state index contributed by atoms with van der Waals surface area (Å²) in [5.74, 6) is -1.81. The molecule has 2 aliphatic rings. The number of carboxylic acid groups (broad SMARTS) is 1. The van der Waals surface area contributed by atoms with E-state index in [1.807, 2.05) is 71.6 Å². The Bertz CT molecular complexity index is 1550. The van der Waals surface area contributed by atoms with Crippen LogP contribution in [0.4, 0.5) is 4.79 Å². The number of rotatable bonds is 9. The van der Waals surface area contributed by atoms with Crippen LogP contribution < -0.4 is 10.6 Å². The van der Waals surface area contributed by atoms with Gasteiger partial charge in [-0.05, 0) is 45.7 Å². The Morgan fingerprint density at radius 1 is 0.929 bits per heavy atom. The number of nitrogens with zero attached hydrogens (tertiary/aromatic N) is 1. The number of hydrogen-bond donors (Lipinski definition) is 3. The van der Waals surface area contributed by atoms with Crippen molar-refractivity contribution in [3.05, 3.63) is 118 Å². The summed E-state index contributed by atoms with van der Waals surface area (Å²) in [4.78, 5) is 41.8. The Morgan fingerprint density at radius 2 is 1.60 bits per heavy atom. The number of likely N-dealkylation sites (tertiary alicyclic amines) is 1. The summed E-state index contributed by atoms with van der Waals surface area (Å²) < 4.78 is 5.69. The number of aliphatic carboxylic acids is 1. The van der Waals surface area contributed by atoms with Gasteiger partial charge in [-0.15, -0.1) is 11.3 Å². The van der Waals surface area contributed by atoms with E-state index in [1.165, 1.54) is 11.3 Å². The average Bonchev–Trinajstić information content (AvgIpc) is 3.74. The summed E-state index contributed by atoms with van der Waals surface area (Å²) in [6.07, 6.45) is -0.491. The van der Waals surface area contributed by atoms with E-state index in [0.717, 1.165) is 27.8 Å². The smallest absolute Gasteiger partial charge is 0.408 e. The van der Waals surface area contributed by atoms with Crippen LogP contribution in [0.2, 0.25) is 0 Å². The average molecular weight is 582 g/mol. The molecule has 8 nitrogen and oxygen atoms in total. The molecule has 4 aromatic rings. The van der Waals surface area contributed by atoms with E-state index in [2.05, 4.69) is 22.8 Å². The van der Waals surface area contributed by atoms with E-state index in [1.54, 1.807) is 17.5 Å². The number of carbonyl (C=O) groups excluding carboxylic acids is 2. The van der Waals surface area contributed by atoms with Crippen molar-refractivity contribution in [2.24, 2.45) is 0 Å². The first-order valence-electron chi connectivity index (χ1n) is 13.9. The number of hydrogen-bond acceptors (Lipinski definition) is 6. The maximum Gasteiger partial charge on any atom is 0.408 e. The van der Waals surface area contributed by atoms with Crippen molar-refractivity contribution in [2.75, 3.05) is 19.7 Å². The zero-order chi connectivity index (χ0) is 29.1. The van der Waals surface area contributed by atoms with Crippen LogP contribution in [0.15, 0.2) is 96.4 Å². The number of fused-ring (bicyclic) bond motifs is 3. The number of benzene rings is 3. The third-order valence-electron chi connectivity index (χ3n) is 8.06. The van der Waals surface area contributed by atoms with Crippen molar-refractivity contribution < 1.29 is 24.2 Å². The highest BCUT2D eigenvalue weighted by atomic mass is 32.1. The predicted molar refractivity (Wildman–Crippen MR) is 160 cm³/mol. The Balaban J connectivity index is 1.14. The first kappa shape index (κ1) is 27.7. The lowest BCUT2D eigenvalue weighted by Crippen LogP contribution is -2.58. The lowest BCUT2D eigenvalue weighted by molar-refractivity contribution is -0.147. The molecule has 6 rings (SSSR count). The SMILES string of the molecule is O=C(NC(C(=O)NC1(C(=O)O)CCN(Cc2ccccc2)C1)c1cccs1)OCC1c2ccccc2-c2ccccc21. The quantitative estimate of drug-likeness (QED) is 0.252. The van der Waals surface area contributed by atoms with Crippen molar-refractivity contribution in [3.63, 3.8) is 0 Å². The topological polar surface area (TPSA) is 108 Å². The molecule has 0 radical (unpaired) electrons. The predicted octanol–water partition coefficient (Wildman–Crippen LogP) is 5.17. The minimum absolute atomic E-state index is 0.103. The Hall–Kier alpha value is -4.47. The van der Waals surface area contributed by atoms with Gasteiger partial charge in [-0.25, -0.2) is 9.59 Å². The molecule has 42 heavy (non-hydrogen) atoms. The molecule has 214 valence electrons. The van der Waals surface area contributed by atoms with Crippen LogP contribution >= 0.6 is 11.3 Å². The van der Waals surface area contributed by atoms with Crippen LogP contribution in [0, 0.1) is 0 Å². The summed E-state index contributed by atoms with van der Waals surface area (Å²) in [5.41, 5.74) is 4.01. The third kappa shape index (κ3) is 5.53. The van der Waals surface area contributed by atoms with Crippen LogP contribution in [-0.2, 0) is 20.9 Å². The van der Waals surface area contributed by atoms with Crippen LogP contribution in [0.3, 0.4) is 0 Å². The maximum atomic E-state index is 13.6. The molecule has 1 aliphatic carbocycles. The molecule has 9 heteroatoms. The summed E-state index contributed by atoms with van der Waals surface area (Å²) >= 11 is 1.30. The second-order valence-corrected chi connectivity index (χ2v) is 11.7. The van der Waals surface area contributed by atoms with Crippen molar-refractivity contribution in [1.29, 1.82) is 0 Å². The Labute approximate surface area is 247 Å². The summed E-state index contributed by atoms with van der Waals surface area (Å²) in [7, 11) is 0. The number of carbonyl (C=O) groups is 3. The molecule has 3 aromatic carbocycles. The van der Waals surface area contributed by atoms with E-state index in [-0.39, 0.29) is 25.5 Å². The van der Waals surface area contributed by atoms with Gasteiger partial charge in [0, 0.05) is 30.4 Å². The monoisotopic (exact) mass is 581 g/mol. The molecular formula is C33H31N3O5S. The maximum absolute atomic E-state index is 13.6. The van der Waals surface area contributed by atoms with Crippen molar-refractivity contribution >= 4 is 29.3 Å². The fraction of sp³-hybridized carbons (Fsp3) is 0.242. The van der Waals surface area contributed by atoms with Crippen LogP contribution in [0.1, 0.15) is 39.9 Å². The summed E-state index contributed by atoms with van der Waals surface area (Å²) in [6, 6.07) is 28.3. The molecule has 3 N–H and O–H groups in total. The van der Waals surface area contributed by atoms with Crippen molar-refractivity contribution in [2.45, 2.75) is 30.5 Å². The number of alkyl carbamates (subject to hydrolysis) is 1. The zero-order valence-electron chi connectivity index (χ0n) is 22.9. The second-order valence-electron chi connectivity index (χ2n) is 10.7. The van der Waals surface area contributed by atoms with Gasteiger partial charge >= 0.3 is 12.1 Å². The molecule has 1 aliphatic heterocycles. The fourth-order valence-electron chi connectivity index (χ4n) is 5.98. The van der Waals surface area contributed by atoms with Gasteiger partial charge < -0.3 is 20.5 Å². The standard InChI is InChI=1S/C33H31N3O5S/c37-30(35-33(31(38)39)16-17-36(21-33)19-22-9-2-1-3-10-22)29(28-15-8-18-42-28)34-32(40)41-20-27-25-13-6-4-11-23(25)24-12-5-7-14-26(24)27/h1-15,18,27,29H,16-17,19-21H2,(H,34,40)(H,35,37)(H,38,39). The number of thiophene rings is 1. The van der Waals surface area contributed by atoms with E-state index in [9.17, 15) is 19.5 Å². The van der Waals surface area contributed by atoms with Crippen molar-refractivity contribution in [3.8, 4) is 11.1 Å². The first-order chi connectivity index (χ1) is 20.4. The number of carboxylic acids is 1. The number of nitrogens with one attached hydrogen (secondary N) is 2. The van der Waals surface area contributed by atoms with Crippen LogP contribution in [-0.4, -0.2) is 53.2 Å². The largest absolute Gasteiger partial charge is 0.479 e. The van der Waals surface area contributed by atoms with Gasteiger partial charge in [-0.1, -0.05) is 84.9 Å². The van der Waals surface area contributed by atoms with Gasteiger partial charge in [-0.2, -0.15) is 0 Å². The van der Waals surface area contributed by atoms with Gasteiger partial charge in [-0.3, -0.25) is 9.69 Å². The summed E-state index contributed by atoms with van der Waals surface area (Å²) in [5, 5.41) is 17.5. The van der Waals surface area contributed by atoms with E-state index >= 15 is 0 Å². The normalized spacial score (nSPS) is 18.6. The van der Waals surface area contributed by atoms with Gasteiger partial charge in [0.25, 0.3) is 0 Å². The van der Waals surface area contributed by atoms with E-state index in [4.69, 9.17) is 4.74 Å². The van der Waals surface area contributed by atoms with Crippen LogP contribution in [0.5, 0.6) is 0 Å². The highest BCUT2D eigenvalue weighted by Gasteiger charge is 2.47. The van der Waals surface area contributed by atoms with Gasteiger partial charge in [0.2, 0.25) is 5.91 Å². The second kappa shape index (κ2) is 11.8. The van der Waals surface area contributed by atoms with Gasteiger partial charge in [0.1, 0.15) is 12.6 Å². The molecule has 1 aromatic heterocycles. The highest BCUT2D eigenvalue weighted by molar-refractivity contribution is 7.10. The first-order valence-corrected chi connectivity index (χ1v) is 14.8. The molecule has 0 bridgehead atoms. The fourth-order valence-corrected chi connectivity index (χ4v) is 6.76. The molecule has 2 heterocycles. The molecule has 1 saturated heterocycles. The lowest BCUT2D eigenvalue weighted by atomic mass is 9.98. The Kier molecular flexibility index (Phi) is 7.78. The summed E-state index contributed by atoms with van der Waals surface area (Å²) in [6.45, 7) is 1.36. The molecule has 2 unspecified atom stereocenters. The van der Waals surface area contributed by atoms with E-state index < -0.39 is 29.6 Å². The minimum atomic E-state index is -1.47. The minimum Gasteiger partial charge on any atom is -0.479 e. The molecule has 0 spiro atoms. The zero-order valence-corrected chi connectivity index (χ0v) is 23.7. The van der Waals surface area contributed by atoms with E-state index in [0.29, 0.717) is 18.0 Å². The number of ether oxygens (including phenoxy) is 1. The van der Waals surface area contributed by atoms with Gasteiger partial charge in [0.15, 0.2) is 5.54 Å². The lowest BCUT2D eigenvalue weighted by Gasteiger charge is -2.28.